The van der Waals surface area contributed by atoms with Crippen molar-refractivity contribution in [1.82, 2.24) is 0 Å². The van der Waals surface area contributed by atoms with Crippen LogP contribution in [-0.2, 0) is 12.8 Å². The number of hydrogen-bond acceptors (Lipinski definition) is 1. The van der Waals surface area contributed by atoms with Crippen LogP contribution in [0.5, 0.6) is 0 Å². The molecule has 1 atom stereocenters. The van der Waals surface area contributed by atoms with E-state index in [1.54, 1.807) is 0 Å². The van der Waals surface area contributed by atoms with Gasteiger partial charge in [-0.1, -0.05) is 54.6 Å². The fourth-order valence-corrected chi connectivity index (χ4v) is 3.51. The van der Waals surface area contributed by atoms with Gasteiger partial charge in [0.1, 0.15) is 0 Å². The Labute approximate surface area is 120 Å². The largest absolute Gasteiger partial charge is 0.365 e. The van der Waals surface area contributed by atoms with Gasteiger partial charge in [0.15, 0.2) is 0 Å². The van der Waals surface area contributed by atoms with Crippen LogP contribution in [0.2, 0.25) is 0 Å². The number of para-hydroxylation sites is 1. The van der Waals surface area contributed by atoms with Crippen LogP contribution >= 0.6 is 0 Å². The van der Waals surface area contributed by atoms with Crippen LogP contribution in [0.3, 0.4) is 0 Å². The van der Waals surface area contributed by atoms with Crippen molar-refractivity contribution in [1.29, 1.82) is 0 Å². The molecule has 1 aliphatic heterocycles. The van der Waals surface area contributed by atoms with E-state index >= 15 is 0 Å². The average Bonchev–Trinajstić information content (AvgIpc) is 2.54. The molecule has 1 unspecified atom stereocenters. The fourth-order valence-electron chi connectivity index (χ4n) is 3.51. The Balaban J connectivity index is 1.68. The van der Waals surface area contributed by atoms with E-state index in [1.165, 1.54) is 41.8 Å². The maximum atomic E-state index is 2.59. The number of benzene rings is 2. The highest BCUT2D eigenvalue weighted by molar-refractivity contribution is 5.62. The molecule has 100 valence electrons. The minimum atomic E-state index is 0.506. The van der Waals surface area contributed by atoms with Crippen molar-refractivity contribution < 1.29 is 0 Å². The molecule has 20 heavy (non-hydrogen) atoms. The van der Waals surface area contributed by atoms with E-state index in [-0.39, 0.29) is 0 Å². The minimum absolute atomic E-state index is 0.506. The lowest BCUT2D eigenvalue weighted by atomic mass is 9.91. The summed E-state index contributed by atoms with van der Waals surface area (Å²) in [6.45, 7) is 1.17. The summed E-state index contributed by atoms with van der Waals surface area (Å²) in [5.74, 6) is 0. The molecule has 0 spiro atoms. The maximum absolute atomic E-state index is 2.59. The lowest BCUT2D eigenvalue weighted by Gasteiger charge is -2.38. The second-order valence-electron chi connectivity index (χ2n) is 5.76. The molecule has 1 aliphatic carbocycles. The summed E-state index contributed by atoms with van der Waals surface area (Å²) in [4.78, 5) is 2.59. The van der Waals surface area contributed by atoms with Crippen LogP contribution in [0, 0.1) is 0 Å². The summed E-state index contributed by atoms with van der Waals surface area (Å²) in [7, 11) is 0. The maximum Gasteiger partial charge on any atom is 0.0516 e. The third kappa shape index (κ3) is 1.94. The van der Waals surface area contributed by atoms with E-state index in [0.717, 1.165) is 6.42 Å². The average molecular weight is 261 g/mol. The van der Waals surface area contributed by atoms with Gasteiger partial charge in [-0.25, -0.2) is 0 Å². The fraction of sp³-hybridized carbons (Fsp3) is 0.263. The van der Waals surface area contributed by atoms with Gasteiger partial charge in [0, 0.05) is 12.2 Å². The highest BCUT2D eigenvalue weighted by atomic mass is 15.2. The number of fused-ring (bicyclic) bond motifs is 2. The monoisotopic (exact) mass is 261 g/mol. The quantitative estimate of drug-likeness (QED) is 0.747. The van der Waals surface area contributed by atoms with Gasteiger partial charge in [0.05, 0.1) is 6.04 Å². The van der Waals surface area contributed by atoms with E-state index in [0.29, 0.717) is 6.04 Å². The minimum Gasteiger partial charge on any atom is -0.365 e. The molecule has 0 fully saturated rings. The van der Waals surface area contributed by atoms with Crippen molar-refractivity contribution in [2.45, 2.75) is 25.3 Å². The molecule has 0 aromatic heterocycles. The van der Waals surface area contributed by atoms with Crippen LogP contribution < -0.4 is 4.90 Å². The van der Waals surface area contributed by atoms with Gasteiger partial charge >= 0.3 is 0 Å². The number of anilines is 1. The number of hydrogen-bond donors (Lipinski definition) is 0. The first-order valence-corrected chi connectivity index (χ1v) is 7.52. The SMILES string of the molecule is C1=CC(N2CCCc3ccccc32)Cc2ccccc21. The first-order chi connectivity index (χ1) is 9.92. The first kappa shape index (κ1) is 11.8. The summed E-state index contributed by atoms with van der Waals surface area (Å²) >= 11 is 0. The van der Waals surface area contributed by atoms with Gasteiger partial charge < -0.3 is 4.90 Å². The molecule has 1 nitrogen and oxygen atoms in total. The van der Waals surface area contributed by atoms with Gasteiger partial charge in [-0.05, 0) is 42.0 Å². The molecule has 0 radical (unpaired) electrons. The zero-order valence-electron chi connectivity index (χ0n) is 11.6. The molecule has 2 aromatic carbocycles. The highest BCUT2D eigenvalue weighted by Gasteiger charge is 2.24. The van der Waals surface area contributed by atoms with E-state index in [4.69, 9.17) is 0 Å². The predicted octanol–water partition coefficient (Wildman–Crippen LogP) is 4.08. The highest BCUT2D eigenvalue weighted by Crippen LogP contribution is 2.31. The zero-order valence-corrected chi connectivity index (χ0v) is 11.6. The molecule has 2 aliphatic rings. The second kappa shape index (κ2) is 4.82. The summed E-state index contributed by atoms with van der Waals surface area (Å²) in [5.41, 5.74) is 5.80. The normalized spacial score (nSPS) is 20.4. The van der Waals surface area contributed by atoms with Gasteiger partial charge in [-0.2, -0.15) is 0 Å². The van der Waals surface area contributed by atoms with E-state index in [1.807, 2.05) is 0 Å². The molecule has 0 amide bonds. The Morgan fingerprint density at radius 2 is 1.70 bits per heavy atom. The lowest BCUT2D eigenvalue weighted by molar-refractivity contribution is 0.623. The van der Waals surface area contributed by atoms with Crippen molar-refractivity contribution in [2.75, 3.05) is 11.4 Å². The Bertz CT molecular complexity index is 656. The summed E-state index contributed by atoms with van der Waals surface area (Å²) < 4.78 is 0. The van der Waals surface area contributed by atoms with Gasteiger partial charge in [-0.3, -0.25) is 0 Å². The van der Waals surface area contributed by atoms with Crippen molar-refractivity contribution in [3.05, 3.63) is 71.3 Å². The smallest absolute Gasteiger partial charge is 0.0516 e. The second-order valence-corrected chi connectivity index (χ2v) is 5.76. The molecule has 0 saturated carbocycles. The standard InChI is InChI=1S/C19H19N/c1-2-8-17-14-18(12-11-15(17)6-1)20-13-5-9-16-7-3-4-10-19(16)20/h1-4,6-8,10-12,18H,5,9,13-14H2. The molecule has 0 N–H and O–H groups in total. The van der Waals surface area contributed by atoms with Crippen LogP contribution in [0.15, 0.2) is 54.6 Å². The van der Waals surface area contributed by atoms with Crippen LogP contribution in [0.1, 0.15) is 23.1 Å². The number of nitrogens with zero attached hydrogens (tertiary/aromatic N) is 1. The predicted molar refractivity (Wildman–Crippen MR) is 85.1 cm³/mol. The molecule has 4 rings (SSSR count). The Kier molecular flexibility index (Phi) is 2.84. The third-order valence-electron chi connectivity index (χ3n) is 4.53. The topological polar surface area (TPSA) is 3.24 Å². The number of rotatable bonds is 1. The molecular weight excluding hydrogens is 242 g/mol. The van der Waals surface area contributed by atoms with Crippen molar-refractivity contribution in [3.63, 3.8) is 0 Å². The van der Waals surface area contributed by atoms with Crippen molar-refractivity contribution >= 4 is 11.8 Å². The van der Waals surface area contributed by atoms with Crippen LogP contribution in [0.4, 0.5) is 5.69 Å². The van der Waals surface area contributed by atoms with Gasteiger partial charge in [0.2, 0.25) is 0 Å². The molecule has 1 heteroatoms. The van der Waals surface area contributed by atoms with Gasteiger partial charge in [0.25, 0.3) is 0 Å². The van der Waals surface area contributed by atoms with E-state index in [2.05, 4.69) is 65.6 Å². The summed E-state index contributed by atoms with van der Waals surface area (Å²) in [5, 5.41) is 0. The van der Waals surface area contributed by atoms with Crippen molar-refractivity contribution in [3.8, 4) is 0 Å². The molecule has 2 aromatic rings. The van der Waals surface area contributed by atoms with Crippen molar-refractivity contribution in [2.24, 2.45) is 0 Å². The van der Waals surface area contributed by atoms with E-state index in [9.17, 15) is 0 Å². The summed E-state index contributed by atoms with van der Waals surface area (Å²) in [6, 6.07) is 18.1. The Morgan fingerprint density at radius 1 is 0.900 bits per heavy atom. The Hall–Kier alpha value is -2.02. The van der Waals surface area contributed by atoms with Crippen LogP contribution in [-0.4, -0.2) is 12.6 Å². The number of aryl methyl sites for hydroxylation is 1. The zero-order chi connectivity index (χ0) is 13.4. The molecular formula is C19H19N. The Morgan fingerprint density at radius 3 is 2.65 bits per heavy atom. The molecule has 0 bridgehead atoms. The van der Waals surface area contributed by atoms with Crippen LogP contribution in [0.25, 0.3) is 6.08 Å². The third-order valence-corrected chi connectivity index (χ3v) is 4.53. The molecule has 1 heterocycles. The lowest BCUT2D eigenvalue weighted by Crippen LogP contribution is -2.40. The van der Waals surface area contributed by atoms with E-state index < -0.39 is 0 Å². The summed E-state index contributed by atoms with van der Waals surface area (Å²) in [6.07, 6.45) is 8.29. The first-order valence-electron chi connectivity index (χ1n) is 7.52. The van der Waals surface area contributed by atoms with Gasteiger partial charge in [-0.15, -0.1) is 0 Å². The molecule has 0 saturated heterocycles.